The molecule has 1 aromatic heterocycles. The lowest BCUT2D eigenvalue weighted by Crippen LogP contribution is -2.25. The number of nitrogens with zero attached hydrogens (tertiary/aromatic N) is 3. The fraction of sp³-hybridized carbons (Fsp3) is 0.750. The second-order valence-electron chi connectivity index (χ2n) is 4.02. The van der Waals surface area contributed by atoms with Gasteiger partial charge in [-0.05, 0) is 12.8 Å². The van der Waals surface area contributed by atoms with E-state index < -0.39 is 0 Å². The number of aromatic nitrogens is 3. The van der Waals surface area contributed by atoms with Crippen LogP contribution in [-0.2, 0) is 9.47 Å². The Hall–Kier alpha value is -1.67. The van der Waals surface area contributed by atoms with Crippen molar-refractivity contribution in [3.8, 4) is 6.01 Å². The van der Waals surface area contributed by atoms with E-state index in [4.69, 9.17) is 14.2 Å². The number of hydrogen-bond donors (Lipinski definition) is 2. The van der Waals surface area contributed by atoms with Crippen LogP contribution in [0.4, 0.5) is 11.9 Å². The average Bonchev–Trinajstić information content (AvgIpc) is 2.49. The topological polar surface area (TPSA) is 90.4 Å². The Morgan fingerprint density at radius 2 is 1.30 bits per heavy atom. The summed E-state index contributed by atoms with van der Waals surface area (Å²) in [5.74, 6) is 0.776. The van der Waals surface area contributed by atoms with Crippen molar-refractivity contribution in [1.82, 2.24) is 15.0 Å². The van der Waals surface area contributed by atoms with Crippen LogP contribution in [0.5, 0.6) is 6.01 Å². The van der Waals surface area contributed by atoms with Crippen molar-refractivity contribution in [1.29, 1.82) is 0 Å². The van der Waals surface area contributed by atoms with E-state index in [-0.39, 0.29) is 18.5 Å². The van der Waals surface area contributed by atoms with Gasteiger partial charge in [-0.2, -0.15) is 15.0 Å². The minimum absolute atomic E-state index is 0.167. The molecule has 2 atom stereocenters. The largest absolute Gasteiger partial charge is 0.467 e. The highest BCUT2D eigenvalue weighted by molar-refractivity contribution is 5.36. The first-order valence-electron chi connectivity index (χ1n) is 6.55. The van der Waals surface area contributed by atoms with Crippen molar-refractivity contribution in [3.63, 3.8) is 0 Å². The molecule has 1 rings (SSSR count). The summed E-state index contributed by atoms with van der Waals surface area (Å²) in [6.07, 6.45) is 1.23. The predicted octanol–water partition coefficient (Wildman–Crippen LogP) is 1.47. The molecule has 2 unspecified atom stereocenters. The standard InChI is InChI=1S/C12H23N5O3/c1-6-8(18-3)13-10-15-11(14-9(7-2)19-4)17-12(16-10)20-5/h8-9H,6-7H2,1-5H3,(H2,13,14,15,16,17). The maximum atomic E-state index is 5.24. The van der Waals surface area contributed by atoms with Gasteiger partial charge in [-0.15, -0.1) is 0 Å². The molecule has 0 saturated heterocycles. The summed E-state index contributed by atoms with van der Waals surface area (Å²) in [6, 6.07) is 0.224. The first-order valence-corrected chi connectivity index (χ1v) is 6.55. The van der Waals surface area contributed by atoms with E-state index >= 15 is 0 Å². The summed E-state index contributed by atoms with van der Waals surface area (Å²) in [7, 11) is 4.75. The molecule has 0 aliphatic rings. The van der Waals surface area contributed by atoms with Crippen LogP contribution in [0, 0.1) is 0 Å². The zero-order chi connectivity index (χ0) is 15.0. The van der Waals surface area contributed by atoms with Gasteiger partial charge in [0.05, 0.1) is 7.11 Å². The molecule has 0 amide bonds. The molecule has 0 bridgehead atoms. The molecule has 0 aliphatic carbocycles. The summed E-state index contributed by atoms with van der Waals surface area (Å²) < 4.78 is 15.6. The van der Waals surface area contributed by atoms with Crippen LogP contribution in [0.3, 0.4) is 0 Å². The van der Waals surface area contributed by atoms with Gasteiger partial charge in [0.2, 0.25) is 11.9 Å². The molecule has 8 nitrogen and oxygen atoms in total. The van der Waals surface area contributed by atoms with Crippen molar-refractivity contribution >= 4 is 11.9 Å². The Morgan fingerprint density at radius 3 is 1.60 bits per heavy atom. The van der Waals surface area contributed by atoms with E-state index in [0.717, 1.165) is 12.8 Å². The first-order chi connectivity index (χ1) is 9.66. The number of rotatable bonds is 9. The summed E-state index contributed by atoms with van der Waals surface area (Å²) in [4.78, 5) is 12.5. The molecule has 0 aliphatic heterocycles. The van der Waals surface area contributed by atoms with E-state index in [1.54, 1.807) is 14.2 Å². The second kappa shape index (κ2) is 8.49. The van der Waals surface area contributed by atoms with Gasteiger partial charge in [0.15, 0.2) is 0 Å². The van der Waals surface area contributed by atoms with Crippen molar-refractivity contribution in [2.45, 2.75) is 39.1 Å². The molecule has 0 spiro atoms. The van der Waals surface area contributed by atoms with Gasteiger partial charge in [0.25, 0.3) is 0 Å². The fourth-order valence-electron chi connectivity index (χ4n) is 1.52. The fourth-order valence-corrected chi connectivity index (χ4v) is 1.52. The van der Waals surface area contributed by atoms with Gasteiger partial charge in [-0.25, -0.2) is 0 Å². The maximum absolute atomic E-state index is 5.24. The lowest BCUT2D eigenvalue weighted by atomic mass is 10.4. The van der Waals surface area contributed by atoms with Gasteiger partial charge in [-0.1, -0.05) is 13.8 Å². The number of anilines is 2. The second-order valence-corrected chi connectivity index (χ2v) is 4.02. The van der Waals surface area contributed by atoms with Crippen molar-refractivity contribution in [2.75, 3.05) is 32.0 Å². The van der Waals surface area contributed by atoms with Gasteiger partial charge < -0.3 is 24.8 Å². The highest BCUT2D eigenvalue weighted by atomic mass is 16.5. The Bertz CT molecular complexity index is 364. The predicted molar refractivity (Wildman–Crippen MR) is 75.8 cm³/mol. The quantitative estimate of drug-likeness (QED) is 0.659. The van der Waals surface area contributed by atoms with Crippen LogP contribution in [0.25, 0.3) is 0 Å². The SMILES string of the molecule is CCC(Nc1nc(NC(CC)OC)nc(OC)n1)OC. The average molecular weight is 285 g/mol. The minimum Gasteiger partial charge on any atom is -0.467 e. The lowest BCUT2D eigenvalue weighted by molar-refractivity contribution is 0.120. The van der Waals surface area contributed by atoms with Crippen molar-refractivity contribution in [2.24, 2.45) is 0 Å². The molecule has 8 heteroatoms. The summed E-state index contributed by atoms with van der Waals surface area (Å²) in [5.41, 5.74) is 0. The molecular weight excluding hydrogens is 262 g/mol. The first kappa shape index (κ1) is 16.4. The highest BCUT2D eigenvalue weighted by Gasteiger charge is 2.13. The monoisotopic (exact) mass is 285 g/mol. The number of ether oxygens (including phenoxy) is 3. The van der Waals surface area contributed by atoms with Crippen molar-refractivity contribution < 1.29 is 14.2 Å². The maximum Gasteiger partial charge on any atom is 0.322 e. The Labute approximate surface area is 119 Å². The number of nitrogens with one attached hydrogen (secondary N) is 2. The molecular formula is C12H23N5O3. The Balaban J connectivity index is 2.89. The summed E-state index contributed by atoms with van der Waals surface area (Å²) in [5, 5.41) is 6.11. The smallest absolute Gasteiger partial charge is 0.322 e. The van der Waals surface area contributed by atoms with Crippen LogP contribution in [0.1, 0.15) is 26.7 Å². The van der Waals surface area contributed by atoms with Gasteiger partial charge in [-0.3, -0.25) is 0 Å². The molecule has 114 valence electrons. The van der Waals surface area contributed by atoms with Gasteiger partial charge >= 0.3 is 6.01 Å². The van der Waals surface area contributed by atoms with Crippen LogP contribution in [0.2, 0.25) is 0 Å². The highest BCUT2D eigenvalue weighted by Crippen LogP contribution is 2.14. The molecule has 20 heavy (non-hydrogen) atoms. The van der Waals surface area contributed by atoms with E-state index in [2.05, 4.69) is 25.6 Å². The molecule has 1 aromatic rings. The minimum atomic E-state index is -0.167. The summed E-state index contributed by atoms with van der Waals surface area (Å²) >= 11 is 0. The van der Waals surface area contributed by atoms with E-state index in [0.29, 0.717) is 11.9 Å². The van der Waals surface area contributed by atoms with Crippen LogP contribution in [0.15, 0.2) is 0 Å². The van der Waals surface area contributed by atoms with Crippen LogP contribution < -0.4 is 15.4 Å². The summed E-state index contributed by atoms with van der Waals surface area (Å²) in [6.45, 7) is 3.99. The number of methoxy groups -OCH3 is 3. The lowest BCUT2D eigenvalue weighted by Gasteiger charge is -2.18. The molecule has 0 radical (unpaired) electrons. The molecule has 0 fully saturated rings. The van der Waals surface area contributed by atoms with Crippen molar-refractivity contribution in [3.05, 3.63) is 0 Å². The van der Waals surface area contributed by atoms with Crippen LogP contribution in [-0.4, -0.2) is 48.7 Å². The van der Waals surface area contributed by atoms with Gasteiger partial charge in [0, 0.05) is 14.2 Å². The molecule has 0 saturated carbocycles. The third-order valence-corrected chi connectivity index (χ3v) is 2.69. The zero-order valence-corrected chi connectivity index (χ0v) is 12.6. The zero-order valence-electron chi connectivity index (χ0n) is 12.6. The molecule has 2 N–H and O–H groups in total. The third kappa shape index (κ3) is 4.78. The van der Waals surface area contributed by atoms with Gasteiger partial charge in [0.1, 0.15) is 12.5 Å². The molecule has 1 heterocycles. The van der Waals surface area contributed by atoms with E-state index in [1.807, 2.05) is 13.8 Å². The normalized spacial score (nSPS) is 13.7. The van der Waals surface area contributed by atoms with E-state index in [1.165, 1.54) is 7.11 Å². The molecule has 0 aromatic carbocycles. The Kier molecular flexibility index (Phi) is 6.96. The Morgan fingerprint density at radius 1 is 0.850 bits per heavy atom. The van der Waals surface area contributed by atoms with E-state index in [9.17, 15) is 0 Å². The number of hydrogen-bond acceptors (Lipinski definition) is 8. The third-order valence-electron chi connectivity index (χ3n) is 2.69. The van der Waals surface area contributed by atoms with Crippen LogP contribution >= 0.6 is 0 Å².